The molecule has 0 aromatic carbocycles. The third-order valence-corrected chi connectivity index (χ3v) is 4.81. The smallest absolute Gasteiger partial charge is 0.248 e. The van der Waals surface area contributed by atoms with Crippen molar-refractivity contribution in [1.29, 1.82) is 0 Å². The minimum atomic E-state index is -0.0807. The van der Waals surface area contributed by atoms with Crippen molar-refractivity contribution >= 4 is 17.5 Å². The zero-order chi connectivity index (χ0) is 16.2. The zero-order valence-electron chi connectivity index (χ0n) is 13.7. The number of amides is 2. The molecule has 2 aliphatic carbocycles. The second-order valence-electron chi connectivity index (χ2n) is 6.68. The van der Waals surface area contributed by atoms with Gasteiger partial charge >= 0.3 is 0 Å². The quantitative estimate of drug-likeness (QED) is 0.864. The topological polar surface area (TPSA) is 58.5 Å². The lowest BCUT2D eigenvalue weighted by molar-refractivity contribution is -0.118. The molecule has 0 saturated heterocycles. The summed E-state index contributed by atoms with van der Waals surface area (Å²) in [5, 5.41) is 2.89. The van der Waals surface area contributed by atoms with E-state index in [1.54, 1.807) is 6.08 Å². The van der Waals surface area contributed by atoms with Crippen molar-refractivity contribution in [2.45, 2.75) is 51.9 Å². The number of carbonyl (C=O) groups is 2. The summed E-state index contributed by atoms with van der Waals surface area (Å²) in [5.41, 5.74) is 2.63. The second-order valence-corrected chi connectivity index (χ2v) is 6.68. The Bertz CT molecular complexity index is 619. The van der Waals surface area contributed by atoms with Crippen molar-refractivity contribution in [2.24, 2.45) is 16.8 Å². The van der Waals surface area contributed by atoms with Crippen LogP contribution in [0.25, 0.3) is 0 Å². The Morgan fingerprint density at radius 3 is 2.83 bits per heavy atom. The van der Waals surface area contributed by atoms with Crippen LogP contribution in [0.3, 0.4) is 0 Å². The van der Waals surface area contributed by atoms with E-state index in [0.717, 1.165) is 37.0 Å². The number of hydrogen-bond acceptors (Lipinski definition) is 2. The second kappa shape index (κ2) is 7.07. The van der Waals surface area contributed by atoms with Crippen LogP contribution in [0.1, 0.15) is 51.9 Å². The van der Waals surface area contributed by atoms with Gasteiger partial charge in [0, 0.05) is 24.1 Å². The molecule has 0 aromatic rings. The normalized spacial score (nSPS) is 25.9. The molecule has 2 amide bonds. The van der Waals surface area contributed by atoms with E-state index in [1.165, 1.54) is 12.8 Å². The Labute approximate surface area is 137 Å². The highest BCUT2D eigenvalue weighted by atomic mass is 16.2. The van der Waals surface area contributed by atoms with Gasteiger partial charge in [-0.3, -0.25) is 9.59 Å². The van der Waals surface area contributed by atoms with E-state index in [2.05, 4.69) is 17.2 Å². The number of aliphatic imine (C=N–C) groups is 1. The molecule has 122 valence electrons. The molecule has 1 fully saturated rings. The van der Waals surface area contributed by atoms with Gasteiger partial charge in [-0.05, 0) is 37.3 Å². The molecular formula is C19H24N2O2. The van der Waals surface area contributed by atoms with Crippen molar-refractivity contribution in [2.75, 3.05) is 0 Å². The van der Waals surface area contributed by atoms with Crippen LogP contribution in [0.5, 0.6) is 0 Å². The van der Waals surface area contributed by atoms with Gasteiger partial charge in [0.25, 0.3) is 0 Å². The zero-order valence-corrected chi connectivity index (χ0v) is 13.7. The Morgan fingerprint density at radius 1 is 1.30 bits per heavy atom. The summed E-state index contributed by atoms with van der Waals surface area (Å²) >= 11 is 0. The van der Waals surface area contributed by atoms with Gasteiger partial charge in [0.15, 0.2) is 0 Å². The Balaban J connectivity index is 1.71. The van der Waals surface area contributed by atoms with E-state index in [1.807, 2.05) is 18.2 Å². The summed E-state index contributed by atoms with van der Waals surface area (Å²) in [6, 6.07) is 0. The van der Waals surface area contributed by atoms with Crippen LogP contribution in [-0.4, -0.2) is 17.5 Å². The third kappa shape index (κ3) is 3.87. The fraction of sp³-hybridized carbons (Fsp3) is 0.526. The number of hydrogen-bond donors (Lipinski definition) is 1. The molecule has 1 N–H and O–H groups in total. The molecule has 0 aromatic heterocycles. The molecule has 1 aliphatic heterocycles. The molecule has 1 unspecified atom stereocenters. The molecule has 4 heteroatoms. The molecular weight excluding hydrogens is 288 g/mol. The van der Waals surface area contributed by atoms with Gasteiger partial charge < -0.3 is 5.32 Å². The Kier molecular flexibility index (Phi) is 4.89. The van der Waals surface area contributed by atoms with Gasteiger partial charge in [-0.2, -0.15) is 0 Å². The maximum absolute atomic E-state index is 12.1. The maximum atomic E-state index is 12.1. The highest BCUT2D eigenvalue weighted by molar-refractivity contribution is 6.11. The van der Waals surface area contributed by atoms with Crippen LogP contribution in [0.4, 0.5) is 0 Å². The number of fused-ring (bicyclic) bond motifs is 1. The minimum absolute atomic E-state index is 0.0432. The summed E-state index contributed by atoms with van der Waals surface area (Å²) in [7, 11) is 0. The van der Waals surface area contributed by atoms with E-state index >= 15 is 0 Å². The lowest BCUT2D eigenvalue weighted by Gasteiger charge is -2.27. The highest BCUT2D eigenvalue weighted by Gasteiger charge is 2.26. The van der Waals surface area contributed by atoms with E-state index in [-0.39, 0.29) is 17.7 Å². The molecule has 0 bridgehead atoms. The van der Waals surface area contributed by atoms with E-state index in [9.17, 15) is 9.59 Å². The first kappa shape index (κ1) is 15.9. The van der Waals surface area contributed by atoms with Crippen LogP contribution in [0.15, 0.2) is 40.6 Å². The van der Waals surface area contributed by atoms with Gasteiger partial charge in [0.2, 0.25) is 11.8 Å². The fourth-order valence-corrected chi connectivity index (χ4v) is 3.71. The summed E-state index contributed by atoms with van der Waals surface area (Å²) in [6.07, 6.45) is 14.7. The van der Waals surface area contributed by atoms with Gasteiger partial charge in [-0.25, -0.2) is 4.99 Å². The van der Waals surface area contributed by atoms with Crippen LogP contribution < -0.4 is 5.32 Å². The van der Waals surface area contributed by atoms with Gasteiger partial charge in [0.05, 0.1) is 5.71 Å². The van der Waals surface area contributed by atoms with Crippen molar-refractivity contribution < 1.29 is 9.59 Å². The monoisotopic (exact) mass is 312 g/mol. The first-order valence-electron chi connectivity index (χ1n) is 8.68. The van der Waals surface area contributed by atoms with Gasteiger partial charge in [-0.1, -0.05) is 37.8 Å². The number of carbonyl (C=O) groups excluding carboxylic acids is 2. The molecule has 3 aliphatic rings. The predicted octanol–water partition coefficient (Wildman–Crippen LogP) is 3.46. The SMILES string of the molecule is CCCC1=CC(=O)NC2=CC(=NC(=O)CC3CCCC3)C=CC12. The van der Waals surface area contributed by atoms with Crippen molar-refractivity contribution in [3.8, 4) is 0 Å². The van der Waals surface area contributed by atoms with Crippen LogP contribution in [0, 0.1) is 11.8 Å². The van der Waals surface area contributed by atoms with Gasteiger partial charge in [0.1, 0.15) is 0 Å². The molecule has 1 saturated carbocycles. The van der Waals surface area contributed by atoms with E-state index in [0.29, 0.717) is 18.1 Å². The number of nitrogens with one attached hydrogen (secondary N) is 1. The van der Waals surface area contributed by atoms with Gasteiger partial charge in [-0.15, -0.1) is 0 Å². The largest absolute Gasteiger partial charge is 0.325 e. The summed E-state index contributed by atoms with van der Waals surface area (Å²) < 4.78 is 0. The summed E-state index contributed by atoms with van der Waals surface area (Å²) in [4.78, 5) is 28.1. The standard InChI is InChI=1S/C19H24N2O2/c1-2-5-14-11-19(23)21-17-12-15(8-9-16(14)17)20-18(22)10-13-6-3-4-7-13/h8-9,11-13,16H,2-7,10H2,1H3,(H,21,23). The molecule has 4 nitrogen and oxygen atoms in total. The highest BCUT2D eigenvalue weighted by Crippen LogP contribution is 2.30. The number of nitrogens with zero attached hydrogens (tertiary/aromatic N) is 1. The Morgan fingerprint density at radius 2 is 2.09 bits per heavy atom. The average molecular weight is 312 g/mol. The first-order chi connectivity index (χ1) is 11.2. The minimum Gasteiger partial charge on any atom is -0.325 e. The van der Waals surface area contributed by atoms with Crippen LogP contribution >= 0.6 is 0 Å². The van der Waals surface area contributed by atoms with Crippen LogP contribution in [-0.2, 0) is 9.59 Å². The lowest BCUT2D eigenvalue weighted by Crippen LogP contribution is -2.33. The first-order valence-corrected chi connectivity index (χ1v) is 8.68. The average Bonchev–Trinajstić information content (AvgIpc) is 2.99. The number of rotatable bonds is 4. The summed E-state index contributed by atoms with van der Waals surface area (Å²) in [5.74, 6) is 0.506. The lowest BCUT2D eigenvalue weighted by atomic mass is 9.85. The van der Waals surface area contributed by atoms with Crippen molar-refractivity contribution in [3.63, 3.8) is 0 Å². The summed E-state index contributed by atoms with van der Waals surface area (Å²) in [6.45, 7) is 2.11. The molecule has 0 spiro atoms. The number of allylic oxidation sites excluding steroid dienone is 3. The Hall–Kier alpha value is -1.97. The fourth-order valence-electron chi connectivity index (χ4n) is 3.71. The molecule has 23 heavy (non-hydrogen) atoms. The molecule has 0 radical (unpaired) electrons. The molecule has 3 rings (SSSR count). The van der Waals surface area contributed by atoms with E-state index < -0.39 is 0 Å². The van der Waals surface area contributed by atoms with Crippen molar-refractivity contribution in [3.05, 3.63) is 35.6 Å². The van der Waals surface area contributed by atoms with Crippen LogP contribution in [0.2, 0.25) is 0 Å². The van der Waals surface area contributed by atoms with E-state index in [4.69, 9.17) is 0 Å². The predicted molar refractivity (Wildman–Crippen MR) is 90.9 cm³/mol. The molecule has 1 heterocycles. The molecule has 1 atom stereocenters. The third-order valence-electron chi connectivity index (χ3n) is 4.81. The maximum Gasteiger partial charge on any atom is 0.248 e. The van der Waals surface area contributed by atoms with Crippen molar-refractivity contribution in [1.82, 2.24) is 5.32 Å².